The van der Waals surface area contributed by atoms with Crippen LogP contribution in [-0.2, 0) is 4.79 Å². The molecular weight excluding hydrogens is 291 g/mol. The van der Waals surface area contributed by atoms with Crippen LogP contribution in [0.2, 0.25) is 0 Å². The molecule has 0 amide bonds. The normalized spacial score (nSPS) is 8.93. The van der Waals surface area contributed by atoms with Gasteiger partial charge in [-0.3, -0.25) is 4.79 Å². The van der Waals surface area contributed by atoms with E-state index in [2.05, 4.69) is 65.1 Å². The standard InChI is InChI=1S/C10H7I.CH2O2/c11-10-7-3-5-8-4-1-2-6-9(8)10;2-1-3/h1-7H;1H,(H,2,3). The number of halogens is 1. The van der Waals surface area contributed by atoms with Gasteiger partial charge in [-0.25, -0.2) is 0 Å². The van der Waals surface area contributed by atoms with Gasteiger partial charge >= 0.3 is 0 Å². The Morgan fingerprint density at radius 2 is 1.64 bits per heavy atom. The zero-order chi connectivity index (χ0) is 10.4. The van der Waals surface area contributed by atoms with Crippen molar-refractivity contribution in [3.63, 3.8) is 0 Å². The van der Waals surface area contributed by atoms with Crippen LogP contribution >= 0.6 is 22.6 Å². The summed E-state index contributed by atoms with van der Waals surface area (Å²) in [5, 5.41) is 9.55. The molecule has 72 valence electrons. The van der Waals surface area contributed by atoms with Crippen molar-refractivity contribution in [2.45, 2.75) is 0 Å². The average Bonchev–Trinajstić information content (AvgIpc) is 2.20. The molecule has 0 radical (unpaired) electrons. The van der Waals surface area contributed by atoms with Gasteiger partial charge in [-0.2, -0.15) is 0 Å². The lowest BCUT2D eigenvalue weighted by molar-refractivity contribution is -0.122. The fourth-order valence-electron chi connectivity index (χ4n) is 1.19. The Morgan fingerprint density at radius 3 is 2.29 bits per heavy atom. The minimum atomic E-state index is -0.250. The smallest absolute Gasteiger partial charge is 0.290 e. The van der Waals surface area contributed by atoms with Crippen molar-refractivity contribution >= 4 is 39.8 Å². The van der Waals surface area contributed by atoms with Crippen LogP contribution in [0.3, 0.4) is 0 Å². The number of hydrogen-bond donors (Lipinski definition) is 1. The Kier molecular flexibility index (Phi) is 4.39. The molecule has 2 rings (SSSR count). The van der Waals surface area contributed by atoms with Gasteiger partial charge in [0.25, 0.3) is 6.47 Å². The van der Waals surface area contributed by atoms with Crippen molar-refractivity contribution in [2.24, 2.45) is 0 Å². The number of fused-ring (bicyclic) bond motifs is 1. The summed E-state index contributed by atoms with van der Waals surface area (Å²) in [7, 11) is 0. The van der Waals surface area contributed by atoms with E-state index in [9.17, 15) is 0 Å². The first-order chi connectivity index (χ1) is 6.79. The van der Waals surface area contributed by atoms with Gasteiger partial charge in [0, 0.05) is 3.57 Å². The lowest BCUT2D eigenvalue weighted by Gasteiger charge is -1.97. The van der Waals surface area contributed by atoms with E-state index in [1.807, 2.05) is 0 Å². The Morgan fingerprint density at radius 1 is 1.07 bits per heavy atom. The number of hydrogen-bond acceptors (Lipinski definition) is 1. The molecule has 0 saturated carbocycles. The quantitative estimate of drug-likeness (QED) is 0.599. The molecule has 0 fully saturated rings. The monoisotopic (exact) mass is 300 g/mol. The minimum Gasteiger partial charge on any atom is -0.483 e. The van der Waals surface area contributed by atoms with Gasteiger partial charge in [-0.1, -0.05) is 36.4 Å². The van der Waals surface area contributed by atoms with Crippen molar-refractivity contribution in [2.75, 3.05) is 0 Å². The van der Waals surface area contributed by atoms with Crippen molar-refractivity contribution in [1.82, 2.24) is 0 Å². The van der Waals surface area contributed by atoms with Crippen LogP contribution in [0.4, 0.5) is 0 Å². The highest BCUT2D eigenvalue weighted by Crippen LogP contribution is 2.19. The maximum absolute atomic E-state index is 8.36. The van der Waals surface area contributed by atoms with Gasteiger partial charge in [0.2, 0.25) is 0 Å². The average molecular weight is 300 g/mol. The molecule has 2 nitrogen and oxygen atoms in total. The molecule has 3 heteroatoms. The fraction of sp³-hybridized carbons (Fsp3) is 0. The van der Waals surface area contributed by atoms with E-state index in [0.29, 0.717) is 0 Å². The SMILES string of the molecule is Ic1cccc2ccccc12.O=CO. The van der Waals surface area contributed by atoms with Gasteiger partial charge in [0.15, 0.2) is 0 Å². The maximum atomic E-state index is 8.36. The minimum absolute atomic E-state index is 0.250. The zero-order valence-electron chi connectivity index (χ0n) is 7.35. The van der Waals surface area contributed by atoms with E-state index >= 15 is 0 Å². The third-order valence-electron chi connectivity index (χ3n) is 1.74. The molecule has 0 aliphatic carbocycles. The Labute approximate surface area is 95.7 Å². The van der Waals surface area contributed by atoms with E-state index in [1.54, 1.807) is 0 Å². The fourth-order valence-corrected chi connectivity index (χ4v) is 1.88. The summed E-state index contributed by atoms with van der Waals surface area (Å²) in [4.78, 5) is 8.36. The molecule has 0 saturated heterocycles. The topological polar surface area (TPSA) is 37.3 Å². The van der Waals surface area contributed by atoms with Crippen LogP contribution in [0.5, 0.6) is 0 Å². The van der Waals surface area contributed by atoms with E-state index in [1.165, 1.54) is 14.3 Å². The van der Waals surface area contributed by atoms with Crippen molar-refractivity contribution in [1.29, 1.82) is 0 Å². The summed E-state index contributed by atoms with van der Waals surface area (Å²) in [6.45, 7) is -0.250. The highest BCUT2D eigenvalue weighted by Gasteiger charge is 1.93. The largest absolute Gasteiger partial charge is 0.483 e. The highest BCUT2D eigenvalue weighted by atomic mass is 127. The van der Waals surface area contributed by atoms with Gasteiger partial charge in [0.1, 0.15) is 0 Å². The van der Waals surface area contributed by atoms with E-state index in [-0.39, 0.29) is 6.47 Å². The molecule has 0 atom stereocenters. The molecule has 2 aromatic rings. The summed E-state index contributed by atoms with van der Waals surface area (Å²) < 4.78 is 1.32. The first-order valence-corrected chi connectivity index (χ1v) is 5.08. The number of carbonyl (C=O) groups is 1. The lowest BCUT2D eigenvalue weighted by atomic mass is 10.1. The first-order valence-electron chi connectivity index (χ1n) is 4.00. The molecule has 1 N–H and O–H groups in total. The zero-order valence-corrected chi connectivity index (χ0v) is 9.51. The highest BCUT2D eigenvalue weighted by molar-refractivity contribution is 14.1. The van der Waals surface area contributed by atoms with E-state index in [0.717, 1.165) is 0 Å². The van der Waals surface area contributed by atoms with Crippen LogP contribution in [0.15, 0.2) is 42.5 Å². The van der Waals surface area contributed by atoms with Crippen LogP contribution in [-0.4, -0.2) is 11.6 Å². The molecule has 0 aliphatic rings. The summed E-state index contributed by atoms with van der Waals surface area (Å²) in [5.41, 5.74) is 0. The second-order valence-electron chi connectivity index (χ2n) is 2.57. The number of rotatable bonds is 0. The molecule has 0 heterocycles. The summed E-state index contributed by atoms with van der Waals surface area (Å²) in [6, 6.07) is 14.8. The molecule has 0 bridgehead atoms. The summed E-state index contributed by atoms with van der Waals surface area (Å²) >= 11 is 2.36. The lowest BCUT2D eigenvalue weighted by Crippen LogP contribution is -1.74. The molecule has 0 aliphatic heterocycles. The molecular formula is C11H9IO2. The van der Waals surface area contributed by atoms with E-state index in [4.69, 9.17) is 9.90 Å². The summed E-state index contributed by atoms with van der Waals surface area (Å²) in [5.74, 6) is 0. The second-order valence-corrected chi connectivity index (χ2v) is 3.73. The third kappa shape index (κ3) is 2.70. The summed E-state index contributed by atoms with van der Waals surface area (Å²) in [6.07, 6.45) is 0. The van der Waals surface area contributed by atoms with Crippen LogP contribution in [0.1, 0.15) is 0 Å². The molecule has 0 unspecified atom stereocenters. The second kappa shape index (κ2) is 5.59. The predicted molar refractivity (Wildman–Crippen MR) is 65.4 cm³/mol. The van der Waals surface area contributed by atoms with Crippen LogP contribution < -0.4 is 0 Å². The molecule has 0 spiro atoms. The number of benzene rings is 2. The number of carboxylic acid groups (broad SMARTS) is 1. The van der Waals surface area contributed by atoms with Crippen LogP contribution in [0, 0.1) is 3.57 Å². The third-order valence-corrected chi connectivity index (χ3v) is 2.68. The Bertz CT molecular complexity index is 421. The van der Waals surface area contributed by atoms with Gasteiger partial charge < -0.3 is 5.11 Å². The van der Waals surface area contributed by atoms with Crippen molar-refractivity contribution in [3.05, 3.63) is 46.0 Å². The Balaban J connectivity index is 0.000000293. The molecule has 14 heavy (non-hydrogen) atoms. The Hall–Kier alpha value is -1.10. The van der Waals surface area contributed by atoms with Gasteiger partial charge in [0.05, 0.1) is 0 Å². The first kappa shape index (κ1) is 11.0. The van der Waals surface area contributed by atoms with Crippen molar-refractivity contribution in [3.8, 4) is 0 Å². The molecule has 2 aromatic carbocycles. The van der Waals surface area contributed by atoms with Crippen molar-refractivity contribution < 1.29 is 9.90 Å². The maximum Gasteiger partial charge on any atom is 0.290 e. The van der Waals surface area contributed by atoms with Gasteiger partial charge in [-0.15, -0.1) is 0 Å². The van der Waals surface area contributed by atoms with E-state index < -0.39 is 0 Å². The van der Waals surface area contributed by atoms with Gasteiger partial charge in [-0.05, 0) is 39.4 Å². The predicted octanol–water partition coefficient (Wildman–Crippen LogP) is 3.15. The van der Waals surface area contributed by atoms with Crippen LogP contribution in [0.25, 0.3) is 10.8 Å². The molecule has 0 aromatic heterocycles.